The second-order valence-electron chi connectivity index (χ2n) is 4.49. The Labute approximate surface area is 131 Å². The molecule has 0 saturated carbocycles. The van der Waals surface area contributed by atoms with E-state index in [2.05, 4.69) is 5.09 Å². The first-order valence-electron chi connectivity index (χ1n) is 6.36. The Morgan fingerprint density at radius 1 is 1.19 bits per heavy atom. The van der Waals surface area contributed by atoms with Gasteiger partial charge in [0, 0.05) is 0 Å². The first-order valence-corrected chi connectivity index (χ1v) is 9.48. The number of carbonyl (C=O) groups excluding carboxylic acids is 1. The maximum atomic E-state index is 11.8. The van der Waals surface area contributed by atoms with Gasteiger partial charge < -0.3 is 0 Å². The first kappa shape index (κ1) is 15.1. The van der Waals surface area contributed by atoms with Crippen molar-refractivity contribution in [2.75, 3.05) is 25.0 Å². The number of halogens is 2. The summed E-state index contributed by atoms with van der Waals surface area (Å²) < 4.78 is 23.0. The van der Waals surface area contributed by atoms with E-state index in [1.165, 1.54) is 0 Å². The fourth-order valence-corrected chi connectivity index (χ4v) is 6.45. The number of hydrogen-bond donors (Lipinski definition) is 1. The third-order valence-corrected chi connectivity index (χ3v) is 7.17. The van der Waals surface area contributed by atoms with Crippen molar-refractivity contribution < 1.29 is 23.1 Å². The zero-order chi connectivity index (χ0) is 14.9. The third kappa shape index (κ3) is 2.26. The molecule has 1 fully saturated rings. The van der Waals surface area contributed by atoms with Crippen LogP contribution in [0.15, 0.2) is 24.3 Å². The summed E-state index contributed by atoms with van der Waals surface area (Å²) in [5.74, 6) is 0.241. The second kappa shape index (κ2) is 5.45. The zero-order valence-electron chi connectivity index (χ0n) is 11.0. The van der Waals surface area contributed by atoms with Crippen LogP contribution in [-0.4, -0.2) is 31.1 Å². The standard InChI is InChI=1S/C12H14Cl2NO5P/c13-5-7-17-21(18-8-6-14)11(19-12(16)15-21)9-3-1-2-4-10(9)20-21/h1-4,11H,5-8H2,(H,15,16). The van der Waals surface area contributed by atoms with Crippen LogP contribution < -0.4 is 9.61 Å². The number of nitrogens with one attached hydrogen (secondary N) is 1. The number of para-hydroxylation sites is 1. The van der Waals surface area contributed by atoms with Crippen molar-refractivity contribution in [2.24, 2.45) is 0 Å². The molecule has 2 heterocycles. The molecule has 2 aliphatic rings. The van der Waals surface area contributed by atoms with Gasteiger partial charge in [0.2, 0.25) is 0 Å². The van der Waals surface area contributed by atoms with E-state index in [9.17, 15) is 4.79 Å². The Hall–Kier alpha value is -0.780. The summed E-state index contributed by atoms with van der Waals surface area (Å²) in [6.07, 6.45) is -0.642. The molecule has 1 N–H and O–H groups in total. The Balaban J connectivity index is 2.07. The van der Waals surface area contributed by atoms with Gasteiger partial charge in [0.15, 0.2) is 0 Å². The molecule has 0 aromatic heterocycles. The van der Waals surface area contributed by atoms with E-state index in [0.29, 0.717) is 11.3 Å². The first-order chi connectivity index (χ1) is 10.1. The van der Waals surface area contributed by atoms with Crippen LogP contribution in [0.3, 0.4) is 0 Å². The fraction of sp³-hybridized carbons (Fsp3) is 0.417. The van der Waals surface area contributed by atoms with Crippen molar-refractivity contribution in [3.8, 4) is 5.75 Å². The number of rotatable bonds is 6. The van der Waals surface area contributed by atoms with E-state index in [4.69, 9.17) is 41.5 Å². The molecule has 0 radical (unpaired) electrons. The van der Waals surface area contributed by atoms with Crippen molar-refractivity contribution in [3.05, 3.63) is 29.8 Å². The fourth-order valence-electron chi connectivity index (χ4n) is 2.47. The summed E-state index contributed by atoms with van der Waals surface area (Å²) in [6, 6.07) is 7.22. The minimum absolute atomic E-state index is 0.149. The van der Waals surface area contributed by atoms with Crippen LogP contribution >= 0.6 is 30.6 Å². The molecule has 0 aliphatic carbocycles. The van der Waals surface area contributed by atoms with Crippen LogP contribution in [0.5, 0.6) is 5.75 Å². The number of hydrogen-bond acceptors (Lipinski definition) is 5. The van der Waals surface area contributed by atoms with Gasteiger partial charge in [0.25, 0.3) is 0 Å². The molecule has 21 heavy (non-hydrogen) atoms. The molecular formula is C12H14Cl2NO5P. The molecule has 116 valence electrons. The van der Waals surface area contributed by atoms with Gasteiger partial charge in [-0.3, -0.25) is 0 Å². The average Bonchev–Trinajstić information content (AvgIpc) is 2.91. The number of amides is 1. The van der Waals surface area contributed by atoms with Crippen LogP contribution in [-0.2, 0) is 13.8 Å². The topological polar surface area (TPSA) is 66.0 Å². The van der Waals surface area contributed by atoms with Crippen molar-refractivity contribution >= 4 is 36.7 Å². The van der Waals surface area contributed by atoms with Gasteiger partial charge in [0.1, 0.15) is 0 Å². The summed E-state index contributed by atoms with van der Waals surface area (Å²) >= 11 is 11.4. The molecule has 3 rings (SSSR count). The van der Waals surface area contributed by atoms with Crippen molar-refractivity contribution in [1.82, 2.24) is 5.09 Å². The Morgan fingerprint density at radius 2 is 1.86 bits per heavy atom. The molecule has 2 aliphatic heterocycles. The minimum atomic E-state index is -4.04. The van der Waals surface area contributed by atoms with E-state index >= 15 is 0 Å². The maximum absolute atomic E-state index is 11.8. The molecule has 1 saturated heterocycles. The summed E-state index contributed by atoms with van der Waals surface area (Å²) in [5.41, 5.74) is 0.706. The van der Waals surface area contributed by atoms with E-state index in [1.54, 1.807) is 6.07 Å². The predicted molar refractivity (Wildman–Crippen MR) is 79.7 cm³/mol. The molecule has 1 amide bonds. The molecule has 6 nitrogen and oxygen atoms in total. The molecule has 1 atom stereocenters. The number of fused-ring (bicyclic) bond motifs is 3. The summed E-state index contributed by atoms with van der Waals surface area (Å²) in [7, 11) is -4.04. The second-order valence-corrected chi connectivity index (χ2v) is 8.52. The van der Waals surface area contributed by atoms with Gasteiger partial charge in [-0.15, -0.1) is 0 Å². The molecule has 0 bridgehead atoms. The Kier molecular flexibility index (Phi) is 3.93. The van der Waals surface area contributed by atoms with E-state index in [-0.39, 0.29) is 25.0 Å². The van der Waals surface area contributed by atoms with E-state index in [1.807, 2.05) is 18.2 Å². The van der Waals surface area contributed by atoms with Gasteiger partial charge in [-0.2, -0.15) is 0 Å². The Morgan fingerprint density at radius 3 is 2.52 bits per heavy atom. The van der Waals surface area contributed by atoms with E-state index in [0.717, 1.165) is 0 Å². The summed E-state index contributed by atoms with van der Waals surface area (Å²) in [4.78, 5) is 11.8. The number of benzene rings is 1. The van der Waals surface area contributed by atoms with Crippen LogP contribution in [0.1, 0.15) is 11.4 Å². The van der Waals surface area contributed by atoms with Crippen LogP contribution in [0.25, 0.3) is 0 Å². The predicted octanol–water partition coefficient (Wildman–Crippen LogP) is 3.54. The van der Waals surface area contributed by atoms with Crippen LogP contribution in [0.4, 0.5) is 4.79 Å². The molecule has 1 unspecified atom stereocenters. The van der Waals surface area contributed by atoms with Gasteiger partial charge in [-0.1, -0.05) is 0 Å². The van der Waals surface area contributed by atoms with Gasteiger partial charge >= 0.3 is 131 Å². The van der Waals surface area contributed by atoms with Crippen molar-refractivity contribution in [1.29, 1.82) is 0 Å². The molecule has 9 heteroatoms. The average molecular weight is 354 g/mol. The number of ether oxygens (including phenoxy) is 1. The quantitative estimate of drug-likeness (QED) is 0.625. The normalized spacial score (nSPS) is 25.7. The monoisotopic (exact) mass is 353 g/mol. The van der Waals surface area contributed by atoms with Gasteiger partial charge in [0.05, 0.1) is 0 Å². The van der Waals surface area contributed by atoms with Crippen molar-refractivity contribution in [3.63, 3.8) is 0 Å². The summed E-state index contributed by atoms with van der Waals surface area (Å²) in [5, 5.41) is 2.64. The Bertz CT molecular complexity index is 564. The SMILES string of the molecule is O=C1NP2(OCCCl)(OCCCl)Oc3ccccc3C2O1. The molecule has 1 aromatic carbocycles. The van der Waals surface area contributed by atoms with Crippen molar-refractivity contribution in [2.45, 2.75) is 5.85 Å². The number of carbonyl (C=O) groups is 1. The number of alkyl halides is 2. The van der Waals surface area contributed by atoms with Gasteiger partial charge in [-0.05, 0) is 0 Å². The van der Waals surface area contributed by atoms with Crippen LogP contribution in [0, 0.1) is 0 Å². The summed E-state index contributed by atoms with van der Waals surface area (Å²) in [6.45, 7) is 0.297. The van der Waals surface area contributed by atoms with E-state index < -0.39 is 19.4 Å². The van der Waals surface area contributed by atoms with Gasteiger partial charge in [-0.25, -0.2) is 0 Å². The van der Waals surface area contributed by atoms with Crippen LogP contribution in [0.2, 0.25) is 0 Å². The molecule has 1 aromatic rings. The zero-order valence-corrected chi connectivity index (χ0v) is 13.4. The third-order valence-electron chi connectivity index (χ3n) is 3.20. The molecular weight excluding hydrogens is 340 g/mol. The molecule has 0 spiro atoms.